The molecule has 1 aromatic heterocycles. The zero-order valence-electron chi connectivity index (χ0n) is 22.1. The van der Waals surface area contributed by atoms with Crippen LogP contribution in [0.15, 0.2) is 47.0 Å². The van der Waals surface area contributed by atoms with Crippen LogP contribution in [-0.4, -0.2) is 60.8 Å². The van der Waals surface area contributed by atoms with Crippen LogP contribution in [0.25, 0.3) is 11.4 Å². The molecule has 1 aliphatic heterocycles. The van der Waals surface area contributed by atoms with Gasteiger partial charge in [-0.2, -0.15) is 4.98 Å². The van der Waals surface area contributed by atoms with Gasteiger partial charge in [0.2, 0.25) is 17.6 Å². The third-order valence-corrected chi connectivity index (χ3v) is 6.55. The van der Waals surface area contributed by atoms with E-state index in [1.807, 2.05) is 19.1 Å². The van der Waals surface area contributed by atoms with Gasteiger partial charge in [0.15, 0.2) is 11.5 Å². The molecule has 0 bridgehead atoms. The van der Waals surface area contributed by atoms with Gasteiger partial charge in [0, 0.05) is 17.2 Å². The molecule has 0 saturated carbocycles. The number of aromatic nitrogens is 2. The summed E-state index contributed by atoms with van der Waals surface area (Å²) < 4.78 is 21.3. The summed E-state index contributed by atoms with van der Waals surface area (Å²) in [5.74, 6) is 1.78. The number of nitrogens with one attached hydrogen (secondary N) is 1. The number of methoxy groups -OCH3 is 2. The number of ether oxygens (including phenoxy) is 3. The summed E-state index contributed by atoms with van der Waals surface area (Å²) in [4.78, 5) is 31.6. The van der Waals surface area contributed by atoms with E-state index in [9.17, 15) is 9.59 Å². The molecule has 10 nitrogen and oxygen atoms in total. The maximum atomic E-state index is 12.8. The van der Waals surface area contributed by atoms with Crippen molar-refractivity contribution < 1.29 is 28.3 Å². The Kier molecular flexibility index (Phi) is 9.31. The highest BCUT2D eigenvalue weighted by Crippen LogP contribution is 2.31. The first-order valence-electron chi connectivity index (χ1n) is 12.9. The van der Waals surface area contributed by atoms with Crippen LogP contribution >= 0.6 is 0 Å². The molecule has 0 aliphatic carbocycles. The van der Waals surface area contributed by atoms with Crippen molar-refractivity contribution in [3.8, 4) is 22.9 Å². The fourth-order valence-electron chi connectivity index (χ4n) is 4.28. The Morgan fingerprint density at radius 2 is 1.79 bits per heavy atom. The number of carbonyl (C=O) groups is 2. The van der Waals surface area contributed by atoms with Crippen molar-refractivity contribution in [3.05, 3.63) is 53.9 Å². The van der Waals surface area contributed by atoms with Gasteiger partial charge in [-0.25, -0.2) is 4.79 Å². The average Bonchev–Trinajstić information content (AvgIpc) is 3.42. The Balaban J connectivity index is 1.24. The fraction of sp³-hybridized carbons (Fsp3) is 0.429. The minimum atomic E-state index is -0.346. The van der Waals surface area contributed by atoms with Gasteiger partial charge in [0.05, 0.1) is 32.9 Å². The van der Waals surface area contributed by atoms with Gasteiger partial charge in [-0.3, -0.25) is 9.69 Å². The number of carbonyl (C=O) groups excluding carboxylic acids is 2. The number of piperidine rings is 1. The minimum absolute atomic E-state index is 0.0172. The molecule has 1 fully saturated rings. The third-order valence-electron chi connectivity index (χ3n) is 6.55. The molecular weight excluding hydrogens is 488 g/mol. The van der Waals surface area contributed by atoms with E-state index in [1.54, 1.807) is 44.6 Å². The predicted octanol–water partition coefficient (Wildman–Crippen LogP) is 4.56. The van der Waals surface area contributed by atoms with Crippen LogP contribution in [0.4, 0.5) is 5.69 Å². The van der Waals surface area contributed by atoms with E-state index in [1.165, 1.54) is 0 Å². The molecule has 1 amide bonds. The molecule has 0 radical (unpaired) electrons. The van der Waals surface area contributed by atoms with Crippen molar-refractivity contribution in [1.29, 1.82) is 0 Å². The second-order valence-corrected chi connectivity index (χ2v) is 9.19. The largest absolute Gasteiger partial charge is 0.493 e. The van der Waals surface area contributed by atoms with Gasteiger partial charge in [-0.15, -0.1) is 0 Å². The number of benzene rings is 2. The molecule has 4 rings (SSSR count). The molecule has 1 aliphatic rings. The zero-order chi connectivity index (χ0) is 26.9. The SMILES string of the molecule is CCCCOC(=O)c1ccc(NC(=O)C2CCN(Cc3nc(-c4ccc(OC)c(OC)c4)no3)CC2)cc1. The number of rotatable bonds is 11. The van der Waals surface area contributed by atoms with E-state index < -0.39 is 0 Å². The van der Waals surface area contributed by atoms with E-state index in [2.05, 4.69) is 20.4 Å². The lowest BCUT2D eigenvalue weighted by Crippen LogP contribution is -2.37. The highest BCUT2D eigenvalue weighted by molar-refractivity contribution is 5.94. The first-order valence-corrected chi connectivity index (χ1v) is 12.9. The summed E-state index contributed by atoms with van der Waals surface area (Å²) in [7, 11) is 3.17. The second-order valence-electron chi connectivity index (χ2n) is 9.19. The monoisotopic (exact) mass is 522 g/mol. The first kappa shape index (κ1) is 27.1. The second kappa shape index (κ2) is 13.0. The van der Waals surface area contributed by atoms with Gasteiger partial charge in [-0.05, 0) is 74.8 Å². The van der Waals surface area contributed by atoms with E-state index >= 15 is 0 Å². The Hall–Kier alpha value is -3.92. The van der Waals surface area contributed by atoms with Crippen molar-refractivity contribution in [1.82, 2.24) is 15.0 Å². The molecular formula is C28H34N4O6. The van der Waals surface area contributed by atoms with Crippen LogP contribution in [0.1, 0.15) is 48.9 Å². The summed E-state index contributed by atoms with van der Waals surface area (Å²) in [6, 6.07) is 12.3. The Labute approximate surface area is 222 Å². The summed E-state index contributed by atoms with van der Waals surface area (Å²) in [6.45, 7) is 4.46. The Bertz CT molecular complexity index is 1220. The molecule has 2 aromatic carbocycles. The van der Waals surface area contributed by atoms with Crippen molar-refractivity contribution in [2.45, 2.75) is 39.2 Å². The van der Waals surface area contributed by atoms with Crippen LogP contribution in [0.2, 0.25) is 0 Å². The van der Waals surface area contributed by atoms with E-state index in [-0.39, 0.29) is 17.8 Å². The van der Waals surface area contributed by atoms with E-state index in [0.29, 0.717) is 47.6 Å². The summed E-state index contributed by atoms with van der Waals surface area (Å²) in [6.07, 6.45) is 3.26. The highest BCUT2D eigenvalue weighted by atomic mass is 16.5. The van der Waals surface area contributed by atoms with Crippen molar-refractivity contribution in [3.63, 3.8) is 0 Å². The van der Waals surface area contributed by atoms with Gasteiger partial charge >= 0.3 is 5.97 Å². The Morgan fingerprint density at radius 1 is 1.05 bits per heavy atom. The maximum Gasteiger partial charge on any atom is 0.338 e. The third kappa shape index (κ3) is 6.89. The molecule has 0 spiro atoms. The maximum absolute atomic E-state index is 12.8. The van der Waals surface area contributed by atoms with Gasteiger partial charge in [0.25, 0.3) is 0 Å². The number of likely N-dealkylation sites (tertiary alicyclic amines) is 1. The molecule has 2 heterocycles. The smallest absolute Gasteiger partial charge is 0.338 e. The number of hydrogen-bond donors (Lipinski definition) is 1. The number of unbranched alkanes of at least 4 members (excludes halogenated alkanes) is 1. The molecule has 202 valence electrons. The quantitative estimate of drug-likeness (QED) is 0.286. The molecule has 0 atom stereocenters. The van der Waals surface area contributed by atoms with Crippen LogP contribution < -0.4 is 14.8 Å². The molecule has 1 saturated heterocycles. The lowest BCUT2D eigenvalue weighted by atomic mass is 9.96. The molecule has 3 aromatic rings. The van der Waals surface area contributed by atoms with Crippen molar-refractivity contribution >= 4 is 17.6 Å². The average molecular weight is 523 g/mol. The van der Waals surface area contributed by atoms with Gasteiger partial charge in [-0.1, -0.05) is 18.5 Å². The normalized spacial score (nSPS) is 14.2. The molecule has 1 N–H and O–H groups in total. The predicted molar refractivity (Wildman–Crippen MR) is 141 cm³/mol. The highest BCUT2D eigenvalue weighted by Gasteiger charge is 2.26. The minimum Gasteiger partial charge on any atom is -0.493 e. The van der Waals surface area contributed by atoms with Crippen LogP contribution in [0.5, 0.6) is 11.5 Å². The number of hydrogen-bond acceptors (Lipinski definition) is 9. The first-order chi connectivity index (χ1) is 18.5. The topological polar surface area (TPSA) is 116 Å². The standard InChI is InChI=1S/C28H34N4O6/c1-4-5-16-37-28(34)20-6-9-22(10-7-20)29-27(33)19-12-14-32(15-13-19)18-25-30-26(31-38-25)21-8-11-23(35-2)24(17-21)36-3/h6-11,17,19H,4-5,12-16,18H2,1-3H3,(H,29,33). The summed E-state index contributed by atoms with van der Waals surface area (Å²) >= 11 is 0. The van der Waals surface area contributed by atoms with E-state index in [4.69, 9.17) is 18.7 Å². The zero-order valence-corrected chi connectivity index (χ0v) is 22.1. The number of esters is 1. The molecule has 0 unspecified atom stereocenters. The molecule has 38 heavy (non-hydrogen) atoms. The van der Waals surface area contributed by atoms with Crippen LogP contribution in [0, 0.1) is 5.92 Å². The summed E-state index contributed by atoms with van der Waals surface area (Å²) in [5, 5.41) is 7.07. The number of amides is 1. The van der Waals surface area contributed by atoms with Crippen molar-refractivity contribution in [2.24, 2.45) is 5.92 Å². The lowest BCUT2D eigenvalue weighted by molar-refractivity contribution is -0.121. The van der Waals surface area contributed by atoms with Gasteiger partial charge in [0.1, 0.15) is 0 Å². The van der Waals surface area contributed by atoms with E-state index in [0.717, 1.165) is 44.3 Å². The number of nitrogens with zero attached hydrogens (tertiary/aromatic N) is 3. The lowest BCUT2D eigenvalue weighted by Gasteiger charge is -2.30. The Morgan fingerprint density at radius 3 is 2.47 bits per heavy atom. The number of anilines is 1. The fourth-order valence-corrected chi connectivity index (χ4v) is 4.28. The molecule has 10 heteroatoms. The van der Waals surface area contributed by atoms with Crippen molar-refractivity contribution in [2.75, 3.05) is 39.2 Å². The summed E-state index contributed by atoms with van der Waals surface area (Å²) in [5.41, 5.74) is 1.91. The van der Waals surface area contributed by atoms with Gasteiger partial charge < -0.3 is 24.1 Å². The van der Waals surface area contributed by atoms with Crippen LogP contribution in [0.3, 0.4) is 0 Å². The van der Waals surface area contributed by atoms with Crippen LogP contribution in [-0.2, 0) is 16.1 Å².